The van der Waals surface area contributed by atoms with Gasteiger partial charge in [0.15, 0.2) is 0 Å². The third-order valence-electron chi connectivity index (χ3n) is 5.81. The summed E-state index contributed by atoms with van der Waals surface area (Å²) in [6, 6.07) is 14.6. The lowest BCUT2D eigenvalue weighted by Crippen LogP contribution is -2.32. The third kappa shape index (κ3) is 3.75. The number of benzene rings is 2. The second-order valence-corrected chi connectivity index (χ2v) is 9.22. The van der Waals surface area contributed by atoms with Crippen LogP contribution in [0.25, 0.3) is 0 Å². The molecule has 0 radical (unpaired) electrons. The molecule has 0 fully saturated rings. The van der Waals surface area contributed by atoms with E-state index in [1.54, 1.807) is 13.8 Å². The smallest absolute Gasteiger partial charge is 0.309 e. The quantitative estimate of drug-likeness (QED) is 0.754. The number of carboxylic acids is 1. The second-order valence-electron chi connectivity index (χ2n) is 9.22. The van der Waals surface area contributed by atoms with Crippen molar-refractivity contribution in [2.45, 2.75) is 58.9 Å². The van der Waals surface area contributed by atoms with Crippen molar-refractivity contribution in [3.8, 4) is 6.07 Å². The monoisotopic (exact) mass is 376 g/mol. The van der Waals surface area contributed by atoms with E-state index in [-0.39, 0.29) is 11.5 Å². The van der Waals surface area contributed by atoms with Crippen LogP contribution in [-0.4, -0.2) is 11.1 Å². The molecule has 0 spiro atoms. The number of carbonyl (C=O) groups is 1. The highest BCUT2D eigenvalue weighted by atomic mass is 16.4. The highest BCUT2D eigenvalue weighted by Gasteiger charge is 2.35. The van der Waals surface area contributed by atoms with Gasteiger partial charge in [0.2, 0.25) is 0 Å². The molecule has 1 heterocycles. The Morgan fingerprint density at radius 3 is 2.68 bits per heavy atom. The summed E-state index contributed by atoms with van der Waals surface area (Å²) in [5, 5.41) is 22.4. The molecule has 1 atom stereocenters. The molecule has 146 valence electrons. The molecular formula is C24H28N2O2. The molecule has 2 aromatic rings. The third-order valence-corrected chi connectivity index (χ3v) is 5.81. The number of aliphatic carboxylic acids is 1. The van der Waals surface area contributed by atoms with Gasteiger partial charge in [0, 0.05) is 5.69 Å². The van der Waals surface area contributed by atoms with E-state index in [1.807, 2.05) is 31.2 Å². The normalized spacial score (nSPS) is 17.9. The summed E-state index contributed by atoms with van der Waals surface area (Å²) < 4.78 is 0. The minimum Gasteiger partial charge on any atom is -0.481 e. The van der Waals surface area contributed by atoms with E-state index in [4.69, 9.17) is 0 Å². The Kier molecular flexibility index (Phi) is 4.97. The molecule has 2 N–H and O–H groups in total. The molecule has 0 saturated heterocycles. The van der Waals surface area contributed by atoms with Crippen LogP contribution in [0.4, 0.5) is 5.69 Å². The highest BCUT2D eigenvalue weighted by molar-refractivity contribution is 5.74. The van der Waals surface area contributed by atoms with Crippen LogP contribution in [0, 0.1) is 23.7 Å². The predicted molar refractivity (Wildman–Crippen MR) is 111 cm³/mol. The van der Waals surface area contributed by atoms with E-state index in [9.17, 15) is 15.2 Å². The molecule has 4 heteroatoms. The average molecular weight is 377 g/mol. The summed E-state index contributed by atoms with van der Waals surface area (Å²) in [6.07, 6.45) is 1.40. The number of hydrogen-bond acceptors (Lipinski definition) is 3. The first-order chi connectivity index (χ1) is 13.0. The van der Waals surface area contributed by atoms with Crippen LogP contribution in [0.15, 0.2) is 36.4 Å². The minimum atomic E-state index is -0.797. The van der Waals surface area contributed by atoms with Crippen molar-refractivity contribution in [1.82, 2.24) is 0 Å². The van der Waals surface area contributed by atoms with Gasteiger partial charge in [-0.15, -0.1) is 0 Å². The van der Waals surface area contributed by atoms with E-state index in [2.05, 4.69) is 37.4 Å². The lowest BCUT2D eigenvalue weighted by molar-refractivity contribution is -0.146. The number of aryl methyl sites for hydroxylation is 1. The Hall–Kier alpha value is -2.80. The van der Waals surface area contributed by atoms with Crippen molar-refractivity contribution < 1.29 is 9.90 Å². The Bertz CT molecular complexity index is 967. The first kappa shape index (κ1) is 19.9. The van der Waals surface area contributed by atoms with Crippen molar-refractivity contribution in [3.05, 3.63) is 64.2 Å². The fourth-order valence-electron chi connectivity index (χ4n) is 4.13. The first-order valence-corrected chi connectivity index (χ1v) is 9.67. The largest absolute Gasteiger partial charge is 0.481 e. The molecule has 0 aliphatic carbocycles. The summed E-state index contributed by atoms with van der Waals surface area (Å²) in [4.78, 5) is 11.5. The number of fused-ring (bicyclic) bond motifs is 1. The van der Waals surface area contributed by atoms with E-state index in [1.165, 1.54) is 11.1 Å². The molecule has 1 aliphatic heterocycles. The molecule has 1 aliphatic rings. The van der Waals surface area contributed by atoms with Crippen molar-refractivity contribution in [2.24, 2.45) is 5.41 Å². The predicted octanol–water partition coefficient (Wildman–Crippen LogP) is 5.35. The molecule has 0 aromatic heterocycles. The zero-order chi connectivity index (χ0) is 20.7. The fourth-order valence-corrected chi connectivity index (χ4v) is 4.13. The van der Waals surface area contributed by atoms with Gasteiger partial charge >= 0.3 is 5.97 Å². The zero-order valence-electron chi connectivity index (χ0n) is 17.3. The molecular weight excluding hydrogens is 348 g/mol. The molecule has 4 nitrogen and oxygen atoms in total. The van der Waals surface area contributed by atoms with Crippen LogP contribution in [-0.2, 0) is 16.6 Å². The number of nitrogens with one attached hydrogen (secondary N) is 1. The van der Waals surface area contributed by atoms with Crippen LogP contribution < -0.4 is 5.32 Å². The molecule has 1 unspecified atom stereocenters. The summed E-state index contributed by atoms with van der Waals surface area (Å²) in [7, 11) is 0. The Labute approximate surface area is 167 Å². The van der Waals surface area contributed by atoms with E-state index < -0.39 is 11.4 Å². The van der Waals surface area contributed by atoms with Crippen molar-refractivity contribution >= 4 is 11.7 Å². The van der Waals surface area contributed by atoms with Crippen LogP contribution in [0.1, 0.15) is 68.0 Å². The van der Waals surface area contributed by atoms with Crippen molar-refractivity contribution in [3.63, 3.8) is 0 Å². The Morgan fingerprint density at radius 1 is 1.32 bits per heavy atom. The number of nitriles is 1. The SMILES string of the molecule is Cc1cc(C#N)cc2c1NC(c1cccc(CC(C)(C)C(=O)O)c1)CC2(C)C. The van der Waals surface area contributed by atoms with Gasteiger partial charge in [-0.25, -0.2) is 0 Å². The Morgan fingerprint density at radius 2 is 2.04 bits per heavy atom. The fraction of sp³-hybridized carbons (Fsp3) is 0.417. The van der Waals surface area contributed by atoms with E-state index in [0.717, 1.165) is 23.2 Å². The van der Waals surface area contributed by atoms with Crippen molar-refractivity contribution in [2.75, 3.05) is 5.32 Å². The topological polar surface area (TPSA) is 73.1 Å². The van der Waals surface area contributed by atoms with Gasteiger partial charge in [0.1, 0.15) is 0 Å². The maximum Gasteiger partial charge on any atom is 0.309 e. The first-order valence-electron chi connectivity index (χ1n) is 9.67. The molecule has 28 heavy (non-hydrogen) atoms. The van der Waals surface area contributed by atoms with Gasteiger partial charge in [-0.2, -0.15) is 5.26 Å². The maximum absolute atomic E-state index is 11.5. The van der Waals surface area contributed by atoms with E-state index in [0.29, 0.717) is 12.0 Å². The number of nitrogens with zero attached hydrogens (tertiary/aromatic N) is 1. The summed E-state index contributed by atoms with van der Waals surface area (Å²) in [5.74, 6) is -0.785. The Balaban J connectivity index is 1.96. The molecule has 2 aromatic carbocycles. The number of anilines is 1. The van der Waals surface area contributed by atoms with Gasteiger partial charge in [0.05, 0.1) is 23.1 Å². The number of carboxylic acid groups (broad SMARTS) is 1. The van der Waals surface area contributed by atoms with Crippen molar-refractivity contribution in [1.29, 1.82) is 5.26 Å². The zero-order valence-corrected chi connectivity index (χ0v) is 17.3. The van der Waals surface area contributed by atoms with E-state index >= 15 is 0 Å². The molecule has 0 amide bonds. The number of rotatable bonds is 4. The molecule has 0 bridgehead atoms. The van der Waals surface area contributed by atoms with Gasteiger partial charge < -0.3 is 10.4 Å². The maximum atomic E-state index is 11.5. The standard InChI is InChI=1S/C24H28N2O2/c1-15-9-17(14-25)11-19-21(15)26-20(13-23(19,2)3)18-8-6-7-16(10-18)12-24(4,5)22(27)28/h6-11,20,26H,12-13H2,1-5H3,(H,27,28). The average Bonchev–Trinajstić information content (AvgIpc) is 2.61. The summed E-state index contributed by atoms with van der Waals surface area (Å²) in [6.45, 7) is 10.00. The van der Waals surface area contributed by atoms with Crippen LogP contribution in [0.2, 0.25) is 0 Å². The van der Waals surface area contributed by atoms with Gasteiger partial charge in [-0.3, -0.25) is 4.79 Å². The minimum absolute atomic E-state index is 0.0702. The highest BCUT2D eigenvalue weighted by Crippen LogP contribution is 2.45. The molecule has 0 saturated carbocycles. The van der Waals surface area contributed by atoms with Crippen LogP contribution in [0.5, 0.6) is 0 Å². The lowest BCUT2D eigenvalue weighted by atomic mass is 9.72. The summed E-state index contributed by atoms with van der Waals surface area (Å²) >= 11 is 0. The second kappa shape index (κ2) is 6.98. The lowest BCUT2D eigenvalue weighted by Gasteiger charge is -2.40. The van der Waals surface area contributed by atoms with Gasteiger partial charge in [-0.05, 0) is 73.4 Å². The summed E-state index contributed by atoms with van der Waals surface area (Å²) in [5.41, 5.74) is 5.40. The van der Waals surface area contributed by atoms with Gasteiger partial charge in [-0.1, -0.05) is 38.1 Å². The molecule has 3 rings (SSSR count). The van der Waals surface area contributed by atoms with Crippen LogP contribution >= 0.6 is 0 Å². The van der Waals surface area contributed by atoms with Crippen LogP contribution in [0.3, 0.4) is 0 Å². The van der Waals surface area contributed by atoms with Gasteiger partial charge in [0.25, 0.3) is 0 Å². The number of hydrogen-bond donors (Lipinski definition) is 2.